The van der Waals surface area contributed by atoms with E-state index in [0.29, 0.717) is 35.1 Å². The average Bonchev–Trinajstić information content (AvgIpc) is 3.31. The van der Waals surface area contributed by atoms with Crippen molar-refractivity contribution >= 4 is 11.2 Å². The van der Waals surface area contributed by atoms with E-state index in [-0.39, 0.29) is 18.7 Å². The summed E-state index contributed by atoms with van der Waals surface area (Å²) in [6.45, 7) is 7.06. The lowest BCUT2D eigenvalue weighted by Crippen LogP contribution is -2.41. The van der Waals surface area contributed by atoms with E-state index in [4.69, 9.17) is 4.74 Å². The molecule has 37 heavy (non-hydrogen) atoms. The molecule has 0 radical (unpaired) electrons. The summed E-state index contributed by atoms with van der Waals surface area (Å²) in [6.07, 6.45) is 1.64. The molecule has 0 unspecified atom stereocenters. The molecule has 5 aromatic rings. The summed E-state index contributed by atoms with van der Waals surface area (Å²) in [5, 5.41) is 0. The Hall–Kier alpha value is -4.39. The first kappa shape index (κ1) is 24.3. The maximum absolute atomic E-state index is 13.7. The van der Waals surface area contributed by atoms with Crippen LogP contribution in [0.4, 0.5) is 0 Å². The molecule has 2 heterocycles. The lowest BCUT2D eigenvalue weighted by Gasteiger charge is -2.14. The van der Waals surface area contributed by atoms with Gasteiger partial charge in [0.05, 0.1) is 18.6 Å². The number of fused-ring (bicyclic) bond motifs is 1. The average molecular weight is 495 g/mol. The van der Waals surface area contributed by atoms with Crippen LogP contribution in [0.15, 0.2) is 94.8 Å². The normalized spacial score (nSPS) is 11.4. The summed E-state index contributed by atoms with van der Waals surface area (Å²) in [6, 6.07) is 25.2. The first-order valence-electron chi connectivity index (χ1n) is 12.5. The zero-order chi connectivity index (χ0) is 25.9. The van der Waals surface area contributed by atoms with Crippen molar-refractivity contribution in [2.45, 2.75) is 39.8 Å². The van der Waals surface area contributed by atoms with Crippen LogP contribution in [0.25, 0.3) is 16.9 Å². The third-order valence-electron chi connectivity index (χ3n) is 6.65. The van der Waals surface area contributed by atoms with E-state index in [2.05, 4.69) is 18.8 Å². The van der Waals surface area contributed by atoms with E-state index < -0.39 is 5.69 Å². The summed E-state index contributed by atoms with van der Waals surface area (Å²) < 4.78 is 10.4. The van der Waals surface area contributed by atoms with Gasteiger partial charge in [0.1, 0.15) is 12.4 Å². The van der Waals surface area contributed by atoms with Gasteiger partial charge in [-0.15, -0.1) is 0 Å². The van der Waals surface area contributed by atoms with Gasteiger partial charge in [0.25, 0.3) is 5.56 Å². The molecule has 0 aliphatic heterocycles. The minimum absolute atomic E-state index is 0.113. The van der Waals surface area contributed by atoms with E-state index in [1.54, 1.807) is 6.33 Å². The fraction of sp³-hybridized carbons (Fsp3) is 0.233. The fourth-order valence-electron chi connectivity index (χ4n) is 4.48. The molecule has 5 rings (SSSR count). The van der Waals surface area contributed by atoms with Gasteiger partial charge in [0.15, 0.2) is 11.2 Å². The molecule has 0 bridgehead atoms. The van der Waals surface area contributed by atoms with Crippen LogP contribution in [-0.4, -0.2) is 25.3 Å². The Labute approximate surface area is 215 Å². The van der Waals surface area contributed by atoms with Gasteiger partial charge < -0.3 is 9.30 Å². The fourth-order valence-corrected chi connectivity index (χ4v) is 4.48. The van der Waals surface area contributed by atoms with Crippen molar-refractivity contribution in [2.24, 2.45) is 0 Å². The molecule has 0 saturated carbocycles. The largest absolute Gasteiger partial charge is 0.492 e. The molecular weight excluding hydrogens is 464 g/mol. The molecule has 7 heteroatoms. The van der Waals surface area contributed by atoms with E-state index >= 15 is 0 Å². The highest BCUT2D eigenvalue weighted by molar-refractivity contribution is 5.72. The molecule has 0 fully saturated rings. The van der Waals surface area contributed by atoms with Crippen molar-refractivity contribution in [1.82, 2.24) is 18.7 Å². The quantitative estimate of drug-likeness (QED) is 0.307. The lowest BCUT2D eigenvalue weighted by atomic mass is 10.0. The van der Waals surface area contributed by atoms with Crippen LogP contribution in [0.5, 0.6) is 5.75 Å². The maximum Gasteiger partial charge on any atom is 0.337 e. The van der Waals surface area contributed by atoms with Crippen LogP contribution in [0, 0.1) is 6.92 Å². The van der Waals surface area contributed by atoms with Gasteiger partial charge in [0, 0.05) is 6.54 Å². The van der Waals surface area contributed by atoms with E-state index in [1.807, 2.05) is 90.4 Å². The number of imidazole rings is 1. The Morgan fingerprint density at radius 1 is 0.892 bits per heavy atom. The van der Waals surface area contributed by atoms with Crippen molar-refractivity contribution in [2.75, 3.05) is 6.61 Å². The third-order valence-corrected chi connectivity index (χ3v) is 6.65. The Morgan fingerprint density at radius 3 is 2.30 bits per heavy atom. The number of aryl methyl sites for hydroxylation is 1. The number of aromatic nitrogens is 4. The van der Waals surface area contributed by atoms with Gasteiger partial charge in [-0.25, -0.2) is 14.3 Å². The van der Waals surface area contributed by atoms with Crippen LogP contribution >= 0.6 is 0 Å². The molecule has 188 valence electrons. The standard InChI is InChI=1S/C30H30N4O3/c1-21(2)23-13-15-25(16-14-23)34-28-27(32(20-31-28)19-24-10-8-7-9-22(24)3)29(35)33(30(34)36)17-18-37-26-11-5-4-6-12-26/h4-16,20-21H,17-19H2,1-3H3. The number of ether oxygens (including phenoxy) is 1. The SMILES string of the molecule is Cc1ccccc1Cn1cnc2c1c(=O)n(CCOc1ccccc1)c(=O)n2-c1ccc(C(C)C)cc1. The second kappa shape index (κ2) is 10.3. The molecule has 0 aliphatic carbocycles. The Balaban J connectivity index is 1.63. The van der Waals surface area contributed by atoms with Gasteiger partial charge in [-0.05, 0) is 53.8 Å². The van der Waals surface area contributed by atoms with Gasteiger partial charge in [-0.1, -0.05) is 68.4 Å². The van der Waals surface area contributed by atoms with Crippen LogP contribution < -0.4 is 16.0 Å². The molecule has 0 saturated heterocycles. The zero-order valence-corrected chi connectivity index (χ0v) is 21.3. The lowest BCUT2D eigenvalue weighted by molar-refractivity contribution is 0.293. The van der Waals surface area contributed by atoms with Crippen LogP contribution in [-0.2, 0) is 13.1 Å². The van der Waals surface area contributed by atoms with Gasteiger partial charge in [-0.2, -0.15) is 0 Å². The van der Waals surface area contributed by atoms with Crippen molar-refractivity contribution in [3.8, 4) is 11.4 Å². The summed E-state index contributed by atoms with van der Waals surface area (Å²) in [5.41, 5.74) is 3.96. The molecule has 0 N–H and O–H groups in total. The number of benzene rings is 3. The van der Waals surface area contributed by atoms with Crippen LogP contribution in [0.2, 0.25) is 0 Å². The second-order valence-electron chi connectivity index (χ2n) is 9.45. The molecule has 3 aromatic carbocycles. The Bertz CT molecular complexity index is 1650. The minimum Gasteiger partial charge on any atom is -0.492 e. The van der Waals surface area contributed by atoms with Crippen molar-refractivity contribution in [3.63, 3.8) is 0 Å². The van der Waals surface area contributed by atoms with Crippen molar-refractivity contribution in [1.29, 1.82) is 0 Å². The highest BCUT2D eigenvalue weighted by Crippen LogP contribution is 2.19. The number of hydrogen-bond donors (Lipinski definition) is 0. The highest BCUT2D eigenvalue weighted by atomic mass is 16.5. The molecule has 7 nitrogen and oxygen atoms in total. The van der Waals surface area contributed by atoms with E-state index in [9.17, 15) is 9.59 Å². The smallest absolute Gasteiger partial charge is 0.337 e. The van der Waals surface area contributed by atoms with Gasteiger partial charge >= 0.3 is 5.69 Å². The first-order valence-corrected chi connectivity index (χ1v) is 12.5. The molecular formula is C30H30N4O3. The Morgan fingerprint density at radius 2 is 1.59 bits per heavy atom. The number of nitrogens with zero attached hydrogens (tertiary/aromatic N) is 4. The van der Waals surface area contributed by atoms with Crippen LogP contribution in [0.3, 0.4) is 0 Å². The van der Waals surface area contributed by atoms with E-state index in [1.165, 1.54) is 14.7 Å². The molecule has 0 atom stereocenters. The van der Waals surface area contributed by atoms with Crippen molar-refractivity contribution < 1.29 is 4.74 Å². The third kappa shape index (κ3) is 4.85. The number of para-hydroxylation sites is 1. The topological polar surface area (TPSA) is 71.1 Å². The van der Waals surface area contributed by atoms with Crippen LogP contribution in [0.1, 0.15) is 36.5 Å². The summed E-state index contributed by atoms with van der Waals surface area (Å²) >= 11 is 0. The molecule has 0 spiro atoms. The Kier molecular flexibility index (Phi) is 6.77. The van der Waals surface area contributed by atoms with Gasteiger partial charge in [0.2, 0.25) is 0 Å². The summed E-state index contributed by atoms with van der Waals surface area (Å²) in [4.78, 5) is 32.0. The zero-order valence-electron chi connectivity index (χ0n) is 21.3. The highest BCUT2D eigenvalue weighted by Gasteiger charge is 2.20. The van der Waals surface area contributed by atoms with E-state index in [0.717, 1.165) is 11.1 Å². The predicted molar refractivity (Wildman–Crippen MR) is 146 cm³/mol. The molecule has 0 amide bonds. The predicted octanol–water partition coefficient (Wildman–Crippen LogP) is 4.91. The van der Waals surface area contributed by atoms with Gasteiger partial charge in [-0.3, -0.25) is 9.36 Å². The summed E-state index contributed by atoms with van der Waals surface area (Å²) in [5.74, 6) is 1.05. The number of rotatable bonds is 8. The maximum atomic E-state index is 13.7. The summed E-state index contributed by atoms with van der Waals surface area (Å²) in [7, 11) is 0. The molecule has 2 aromatic heterocycles. The minimum atomic E-state index is -0.437. The first-order chi connectivity index (χ1) is 17.9. The second-order valence-corrected chi connectivity index (χ2v) is 9.45. The monoisotopic (exact) mass is 494 g/mol. The molecule has 0 aliphatic rings. The number of hydrogen-bond acceptors (Lipinski definition) is 4. The van der Waals surface area contributed by atoms with Crippen molar-refractivity contribution in [3.05, 3.63) is 123 Å².